The number of phenolic OH excluding ortho intramolecular Hbond substituents is 1. The smallest absolute Gasteiger partial charge is 0.115 e. The van der Waals surface area contributed by atoms with Crippen molar-refractivity contribution in [3.63, 3.8) is 0 Å². The number of aliphatic hydroxyl groups is 3. The van der Waals surface area contributed by atoms with Crippen LogP contribution in [0.4, 0.5) is 0 Å². The minimum absolute atomic E-state index is 0.123. The highest BCUT2D eigenvalue weighted by atomic mass is 16.5. The van der Waals surface area contributed by atoms with Gasteiger partial charge >= 0.3 is 0 Å². The molecule has 0 aromatic heterocycles. The Morgan fingerprint density at radius 2 is 1.82 bits per heavy atom. The van der Waals surface area contributed by atoms with Crippen LogP contribution in [0.3, 0.4) is 0 Å². The van der Waals surface area contributed by atoms with Crippen LogP contribution in [-0.4, -0.2) is 45.3 Å². The standard InChI is InChI=1S/C12H16O5/c13-6-9-5-10(15)11(16)12(17-9)7-1-3-8(14)4-2-7/h1-4,9-16H,5-6H2/t9?,10?,11?,12-/m1/s1. The van der Waals surface area contributed by atoms with Gasteiger partial charge in [-0.3, -0.25) is 0 Å². The second-order valence-electron chi connectivity index (χ2n) is 4.25. The van der Waals surface area contributed by atoms with Crippen LogP contribution in [0, 0.1) is 0 Å². The van der Waals surface area contributed by atoms with Crippen molar-refractivity contribution in [2.45, 2.75) is 30.8 Å². The number of rotatable bonds is 2. The Bertz CT molecular complexity index is 364. The lowest BCUT2D eigenvalue weighted by atomic mass is 9.93. The molecule has 1 aromatic rings. The molecule has 1 saturated heterocycles. The van der Waals surface area contributed by atoms with Gasteiger partial charge in [0.15, 0.2) is 0 Å². The van der Waals surface area contributed by atoms with Crippen molar-refractivity contribution in [3.8, 4) is 5.75 Å². The number of aromatic hydroxyl groups is 1. The van der Waals surface area contributed by atoms with Crippen LogP contribution in [0.25, 0.3) is 0 Å². The monoisotopic (exact) mass is 240 g/mol. The molecule has 0 spiro atoms. The van der Waals surface area contributed by atoms with E-state index in [0.29, 0.717) is 5.56 Å². The van der Waals surface area contributed by atoms with E-state index in [1.54, 1.807) is 12.1 Å². The molecular weight excluding hydrogens is 224 g/mol. The van der Waals surface area contributed by atoms with E-state index in [1.165, 1.54) is 12.1 Å². The van der Waals surface area contributed by atoms with Crippen molar-refractivity contribution in [3.05, 3.63) is 29.8 Å². The highest BCUT2D eigenvalue weighted by Crippen LogP contribution is 2.32. The van der Waals surface area contributed by atoms with Crippen LogP contribution in [-0.2, 0) is 4.74 Å². The summed E-state index contributed by atoms with van der Waals surface area (Å²) >= 11 is 0. The van der Waals surface area contributed by atoms with Gasteiger partial charge in [-0.15, -0.1) is 0 Å². The van der Waals surface area contributed by atoms with E-state index < -0.39 is 24.4 Å². The summed E-state index contributed by atoms with van der Waals surface area (Å²) < 4.78 is 5.50. The molecule has 1 aliphatic rings. The van der Waals surface area contributed by atoms with E-state index in [-0.39, 0.29) is 18.8 Å². The Hall–Kier alpha value is -1.14. The van der Waals surface area contributed by atoms with E-state index in [1.807, 2.05) is 0 Å². The minimum Gasteiger partial charge on any atom is -0.508 e. The molecule has 5 nitrogen and oxygen atoms in total. The van der Waals surface area contributed by atoms with Crippen LogP contribution in [0.15, 0.2) is 24.3 Å². The van der Waals surface area contributed by atoms with Gasteiger partial charge in [-0.2, -0.15) is 0 Å². The topological polar surface area (TPSA) is 90.2 Å². The summed E-state index contributed by atoms with van der Waals surface area (Å²) in [4.78, 5) is 0. The zero-order chi connectivity index (χ0) is 12.4. The molecule has 4 N–H and O–H groups in total. The van der Waals surface area contributed by atoms with Gasteiger partial charge in [0, 0.05) is 6.42 Å². The fourth-order valence-electron chi connectivity index (χ4n) is 2.01. The molecule has 1 fully saturated rings. The van der Waals surface area contributed by atoms with E-state index in [9.17, 15) is 15.3 Å². The third kappa shape index (κ3) is 2.58. The normalized spacial score (nSPS) is 33.6. The largest absolute Gasteiger partial charge is 0.508 e. The molecule has 1 aliphatic heterocycles. The molecule has 94 valence electrons. The molecule has 0 radical (unpaired) electrons. The molecule has 3 unspecified atom stereocenters. The molecule has 2 rings (SSSR count). The summed E-state index contributed by atoms with van der Waals surface area (Å²) in [6.45, 7) is -0.196. The average molecular weight is 240 g/mol. The molecule has 1 aromatic carbocycles. The van der Waals surface area contributed by atoms with Crippen molar-refractivity contribution < 1.29 is 25.2 Å². The molecule has 17 heavy (non-hydrogen) atoms. The first-order valence-electron chi connectivity index (χ1n) is 5.53. The number of aliphatic hydroxyl groups excluding tert-OH is 3. The van der Waals surface area contributed by atoms with Gasteiger partial charge < -0.3 is 25.2 Å². The summed E-state index contributed by atoms with van der Waals surface area (Å²) in [6.07, 6.45) is -2.89. The van der Waals surface area contributed by atoms with Crippen molar-refractivity contribution in [1.82, 2.24) is 0 Å². The van der Waals surface area contributed by atoms with Crippen LogP contribution in [0.2, 0.25) is 0 Å². The van der Waals surface area contributed by atoms with Crippen LogP contribution in [0.1, 0.15) is 18.1 Å². The molecule has 0 saturated carbocycles. The van der Waals surface area contributed by atoms with Crippen molar-refractivity contribution in [2.24, 2.45) is 0 Å². The zero-order valence-corrected chi connectivity index (χ0v) is 9.23. The number of hydrogen-bond donors (Lipinski definition) is 4. The second-order valence-corrected chi connectivity index (χ2v) is 4.25. The van der Waals surface area contributed by atoms with Crippen molar-refractivity contribution in [1.29, 1.82) is 0 Å². The Labute approximate surface area is 98.9 Å². The Morgan fingerprint density at radius 1 is 1.18 bits per heavy atom. The zero-order valence-electron chi connectivity index (χ0n) is 9.23. The van der Waals surface area contributed by atoms with Crippen molar-refractivity contribution in [2.75, 3.05) is 6.61 Å². The van der Waals surface area contributed by atoms with E-state index in [0.717, 1.165) is 0 Å². The lowest BCUT2D eigenvalue weighted by Gasteiger charge is -2.36. The third-order valence-electron chi connectivity index (χ3n) is 2.97. The number of phenols is 1. The first kappa shape index (κ1) is 12.3. The Morgan fingerprint density at radius 3 is 2.41 bits per heavy atom. The predicted molar refractivity (Wildman–Crippen MR) is 59.4 cm³/mol. The Kier molecular flexibility index (Phi) is 3.63. The first-order valence-corrected chi connectivity index (χ1v) is 5.53. The highest BCUT2D eigenvalue weighted by Gasteiger charge is 2.37. The van der Waals surface area contributed by atoms with E-state index in [2.05, 4.69) is 0 Å². The molecule has 0 aliphatic carbocycles. The predicted octanol–water partition coefficient (Wildman–Crippen LogP) is -0.0637. The number of benzene rings is 1. The summed E-state index contributed by atoms with van der Waals surface area (Å²) in [5.41, 5.74) is 0.660. The molecule has 5 heteroatoms. The van der Waals surface area contributed by atoms with E-state index >= 15 is 0 Å². The van der Waals surface area contributed by atoms with Crippen LogP contribution >= 0.6 is 0 Å². The second kappa shape index (κ2) is 5.01. The van der Waals surface area contributed by atoms with Gasteiger partial charge in [0.25, 0.3) is 0 Å². The average Bonchev–Trinajstić information content (AvgIpc) is 2.34. The quantitative estimate of drug-likeness (QED) is 0.581. The van der Waals surface area contributed by atoms with Gasteiger partial charge in [0.05, 0.1) is 18.8 Å². The van der Waals surface area contributed by atoms with Gasteiger partial charge in [0.2, 0.25) is 0 Å². The summed E-state index contributed by atoms with van der Waals surface area (Å²) in [7, 11) is 0. The summed E-state index contributed by atoms with van der Waals surface area (Å²) in [6, 6.07) is 6.21. The minimum atomic E-state index is -1.03. The maximum Gasteiger partial charge on any atom is 0.115 e. The highest BCUT2D eigenvalue weighted by molar-refractivity contribution is 5.28. The molecule has 0 amide bonds. The Balaban J connectivity index is 2.20. The lowest BCUT2D eigenvalue weighted by Crippen LogP contribution is -2.44. The molecule has 0 bridgehead atoms. The molecule has 1 heterocycles. The molecular formula is C12H16O5. The third-order valence-corrected chi connectivity index (χ3v) is 2.97. The lowest BCUT2D eigenvalue weighted by molar-refractivity contribution is -0.179. The maximum atomic E-state index is 9.85. The summed E-state index contributed by atoms with van der Waals surface area (Å²) in [5.74, 6) is 0.123. The van der Waals surface area contributed by atoms with Crippen molar-refractivity contribution >= 4 is 0 Å². The SMILES string of the molecule is OCC1CC(O)C(O)[C@@H](c2ccc(O)cc2)O1. The fourth-order valence-corrected chi connectivity index (χ4v) is 2.01. The van der Waals surface area contributed by atoms with Crippen LogP contribution in [0.5, 0.6) is 5.75 Å². The van der Waals surface area contributed by atoms with Crippen LogP contribution < -0.4 is 0 Å². The number of ether oxygens (including phenoxy) is 1. The van der Waals surface area contributed by atoms with Gasteiger partial charge in [-0.25, -0.2) is 0 Å². The van der Waals surface area contributed by atoms with Gasteiger partial charge in [0.1, 0.15) is 18.0 Å². The van der Waals surface area contributed by atoms with E-state index in [4.69, 9.17) is 9.84 Å². The first-order chi connectivity index (χ1) is 8.11. The number of hydrogen-bond acceptors (Lipinski definition) is 5. The summed E-state index contributed by atoms with van der Waals surface area (Å²) in [5, 5.41) is 37.8. The van der Waals surface area contributed by atoms with Gasteiger partial charge in [-0.05, 0) is 17.7 Å². The maximum absolute atomic E-state index is 9.85. The van der Waals surface area contributed by atoms with Gasteiger partial charge in [-0.1, -0.05) is 12.1 Å². The fraction of sp³-hybridized carbons (Fsp3) is 0.500. The molecule has 4 atom stereocenters.